The fourth-order valence-corrected chi connectivity index (χ4v) is 4.45. The number of allylic oxidation sites excluding steroid dienone is 1. The van der Waals surface area contributed by atoms with E-state index < -0.39 is 18.0 Å². The number of rotatable bonds is 2. The maximum Gasteiger partial charge on any atom is 0.281 e. The van der Waals surface area contributed by atoms with Gasteiger partial charge in [0.1, 0.15) is 24.1 Å². The Labute approximate surface area is 417 Å². The number of hydrogen-bond donors (Lipinski definition) is 0. The number of Topliss-reactive ketones (excluding diaryl/α,β-unsaturated/α-hetero) is 2. The SMILES string of the molecule is C#CC#CC#CC#CC#CC#CC#CC#CC#CC(=O)C#CC#CC#CC#CC#CC#CC#CC#CO[C@@H]1C(=O)c2c(C)coc2C/C(C)=C\[C@H](OC#CC#CC#CC#CC#CC#CC#CC#C)C[C@H]1C. The van der Waals surface area contributed by atoms with Crippen LogP contribution in [-0.4, -0.2) is 23.8 Å². The van der Waals surface area contributed by atoms with Crippen LogP contribution in [0, 0.1) is 310 Å². The summed E-state index contributed by atoms with van der Waals surface area (Å²) in [5, 5.41) is 0. The van der Waals surface area contributed by atoms with Crippen molar-refractivity contribution in [1.29, 1.82) is 0 Å². The number of ether oxygens (including phenoxy) is 2. The van der Waals surface area contributed by atoms with Crippen molar-refractivity contribution in [1.82, 2.24) is 0 Å². The maximum absolute atomic E-state index is 13.8. The minimum atomic E-state index is -0.979. The highest BCUT2D eigenvalue weighted by Gasteiger charge is 2.34. The molecule has 0 spiro atoms. The van der Waals surface area contributed by atoms with E-state index in [-0.39, 0.29) is 11.7 Å². The highest BCUT2D eigenvalue weighted by molar-refractivity contribution is 6.09. The Morgan fingerprint density at radius 3 is 1.18 bits per heavy atom. The van der Waals surface area contributed by atoms with E-state index in [1.807, 2.05) is 19.9 Å². The first-order valence-corrected chi connectivity index (χ1v) is 19.4. The smallest absolute Gasteiger partial charge is 0.281 e. The monoisotopic (exact) mass is 892 g/mol. The van der Waals surface area contributed by atoms with Gasteiger partial charge in [0.05, 0.1) is 11.8 Å². The van der Waals surface area contributed by atoms with E-state index in [1.165, 1.54) is 6.26 Å². The molecule has 1 aliphatic carbocycles. The lowest BCUT2D eigenvalue weighted by Crippen LogP contribution is -2.33. The largest absolute Gasteiger partial charge is 0.468 e. The van der Waals surface area contributed by atoms with Gasteiger partial charge in [0, 0.05) is 95.2 Å². The molecule has 0 saturated heterocycles. The second-order valence-electron chi connectivity index (χ2n) is 12.0. The number of furan rings is 1. The zero-order chi connectivity index (χ0) is 51.1. The van der Waals surface area contributed by atoms with E-state index in [1.54, 1.807) is 6.92 Å². The van der Waals surface area contributed by atoms with E-state index in [9.17, 15) is 9.59 Å². The number of fused-ring (bicyclic) bond motifs is 1. The van der Waals surface area contributed by atoms with Crippen LogP contribution < -0.4 is 0 Å². The van der Waals surface area contributed by atoms with Crippen LogP contribution in [0.15, 0.2) is 22.3 Å². The van der Waals surface area contributed by atoms with Crippen molar-refractivity contribution in [2.75, 3.05) is 0 Å². The van der Waals surface area contributed by atoms with Gasteiger partial charge in [0.25, 0.3) is 5.78 Å². The fourth-order valence-electron chi connectivity index (χ4n) is 4.45. The molecule has 0 N–H and O–H groups in total. The number of hydrogen-bond acceptors (Lipinski definition) is 5. The fraction of sp³-hybridized carbons (Fsp3) is 0.121. The quantitative estimate of drug-likeness (QED) is 0.260. The molecule has 0 amide bonds. The first kappa shape index (κ1) is 54.1. The molecule has 314 valence electrons. The molecule has 1 aromatic rings. The third kappa shape index (κ3) is 27.6. The predicted molar refractivity (Wildman–Crippen MR) is 270 cm³/mol. The van der Waals surface area contributed by atoms with Gasteiger partial charge in [-0.3, -0.25) is 9.59 Å². The molecule has 2 rings (SSSR count). The Hall–Kier alpha value is -13.0. The molecule has 0 radical (unpaired) electrons. The summed E-state index contributed by atoms with van der Waals surface area (Å²) in [6.07, 6.45) is 17.7. The van der Waals surface area contributed by atoms with E-state index in [0.29, 0.717) is 29.7 Å². The molecule has 0 aromatic carbocycles. The first-order chi connectivity index (χ1) is 34.9. The number of ketones is 2. The summed E-state index contributed by atoms with van der Waals surface area (Å²) in [5.74, 6) is 111. The summed E-state index contributed by atoms with van der Waals surface area (Å²) < 4.78 is 17.4. The second-order valence-corrected chi connectivity index (χ2v) is 12.0. The normalized spacial score (nSPS) is 11.6. The van der Waals surface area contributed by atoms with Crippen LogP contribution in [0.5, 0.6) is 0 Å². The van der Waals surface area contributed by atoms with Crippen LogP contribution in [0.4, 0.5) is 0 Å². The van der Waals surface area contributed by atoms with Crippen LogP contribution in [0.25, 0.3) is 0 Å². The first-order valence-electron chi connectivity index (χ1n) is 19.4. The van der Waals surface area contributed by atoms with Crippen molar-refractivity contribution in [2.24, 2.45) is 5.92 Å². The molecular weight excluding hydrogens is 873 g/mol. The van der Waals surface area contributed by atoms with E-state index >= 15 is 0 Å². The van der Waals surface area contributed by atoms with Crippen molar-refractivity contribution >= 4 is 11.6 Å². The molecule has 0 aliphatic heterocycles. The predicted octanol–water partition coefficient (Wildman–Crippen LogP) is 2.90. The van der Waals surface area contributed by atoms with Gasteiger partial charge in [-0.25, -0.2) is 0 Å². The van der Waals surface area contributed by atoms with Gasteiger partial charge in [-0.1, -0.05) is 12.5 Å². The lowest BCUT2D eigenvalue weighted by molar-refractivity contribution is -0.108. The minimum absolute atomic E-state index is 0.282. The van der Waals surface area contributed by atoms with Gasteiger partial charge in [-0.2, -0.15) is 0 Å². The van der Waals surface area contributed by atoms with Crippen LogP contribution >= 0.6 is 0 Å². The van der Waals surface area contributed by atoms with Crippen molar-refractivity contribution in [3.63, 3.8) is 0 Å². The minimum Gasteiger partial charge on any atom is -0.468 e. The molecule has 0 fully saturated rings. The van der Waals surface area contributed by atoms with Gasteiger partial charge in [-0.15, -0.1) is 12.8 Å². The summed E-state index contributed by atoms with van der Waals surface area (Å²) in [5.41, 5.74) is 2.05. The molecule has 3 atom stereocenters. The Morgan fingerprint density at radius 1 is 0.493 bits per heavy atom. The lowest BCUT2D eigenvalue weighted by atomic mass is 9.87. The van der Waals surface area contributed by atoms with Crippen LogP contribution in [0.1, 0.15) is 41.9 Å². The average Bonchev–Trinajstić information content (AvgIpc) is 3.72. The molecule has 0 bridgehead atoms. The Kier molecular flexibility index (Phi) is 28.6. The van der Waals surface area contributed by atoms with Crippen molar-refractivity contribution in [3.8, 4) is 297 Å². The summed E-state index contributed by atoms with van der Waals surface area (Å²) in [6.45, 7) is 5.56. The molecular formula is C66H20O5. The van der Waals surface area contributed by atoms with Crippen LogP contribution in [-0.2, 0) is 20.7 Å². The van der Waals surface area contributed by atoms with Gasteiger partial charge in [0.2, 0.25) is 5.78 Å². The van der Waals surface area contributed by atoms with E-state index in [2.05, 4.69) is 285 Å². The van der Waals surface area contributed by atoms with Gasteiger partial charge >= 0.3 is 0 Å². The van der Waals surface area contributed by atoms with E-state index in [4.69, 9.17) is 26.7 Å². The second kappa shape index (κ2) is 37.5. The Morgan fingerprint density at radius 2 is 0.817 bits per heavy atom. The highest BCUT2D eigenvalue weighted by atomic mass is 16.5. The molecule has 5 nitrogen and oxygen atoms in total. The standard InChI is InChI=1S/C66H20O5/c1-6-8-10-12-14-16-18-20-22-23-26-30-34-38-42-46-50-61(67)51-47-43-39-35-31-27-24-25-29-33-37-41-45-49-53-70-66-59(4)56-62(54-58(3)55-63-64(65(66)68)60(5)57-71-63)69-52-48-44-40-36-32-28-21-19-17-15-13-11-9-7-2/h1-2,54,57,59,62,66H,55-56H2,3-5H3/b58-54-/t59-,62+,66+/m1/s1. The summed E-state index contributed by atoms with van der Waals surface area (Å²) in [6, 6.07) is 0. The zero-order valence-corrected chi connectivity index (χ0v) is 37.5. The third-order valence-corrected chi connectivity index (χ3v) is 7.02. The summed E-state index contributed by atoms with van der Waals surface area (Å²) in [7, 11) is 0. The third-order valence-electron chi connectivity index (χ3n) is 7.02. The Balaban J connectivity index is 1.96. The molecule has 1 aromatic heterocycles. The molecule has 0 saturated carbocycles. The van der Waals surface area contributed by atoms with Gasteiger partial charge < -0.3 is 13.9 Å². The average molecular weight is 893 g/mol. The van der Waals surface area contributed by atoms with Crippen molar-refractivity contribution in [3.05, 3.63) is 34.8 Å². The molecule has 1 aliphatic rings. The van der Waals surface area contributed by atoms with Gasteiger partial charge in [-0.05, 0) is 221 Å². The molecule has 1 heterocycles. The van der Waals surface area contributed by atoms with E-state index in [0.717, 1.165) is 5.57 Å². The summed E-state index contributed by atoms with van der Waals surface area (Å²) in [4.78, 5) is 25.5. The summed E-state index contributed by atoms with van der Waals surface area (Å²) >= 11 is 0. The number of terminal acetylenes is 2. The Bertz CT molecular complexity index is 4090. The van der Waals surface area contributed by atoms with Crippen molar-refractivity contribution < 1.29 is 23.5 Å². The number of aryl methyl sites for hydroxylation is 1. The molecule has 0 unspecified atom stereocenters. The zero-order valence-electron chi connectivity index (χ0n) is 37.5. The van der Waals surface area contributed by atoms with Gasteiger partial charge in [0.15, 0.2) is 6.10 Å². The van der Waals surface area contributed by atoms with Crippen molar-refractivity contribution in [2.45, 2.75) is 45.8 Å². The number of carbonyl (C=O) groups excluding carboxylic acids is 2. The maximum atomic E-state index is 13.8. The molecule has 71 heavy (non-hydrogen) atoms. The molecule has 5 heteroatoms. The number of carbonyl (C=O) groups is 2. The topological polar surface area (TPSA) is 65.7 Å². The highest BCUT2D eigenvalue weighted by Crippen LogP contribution is 2.28. The van der Waals surface area contributed by atoms with Crippen LogP contribution in [0.2, 0.25) is 0 Å². The van der Waals surface area contributed by atoms with Crippen LogP contribution in [0.3, 0.4) is 0 Å². The lowest BCUT2D eigenvalue weighted by Gasteiger charge is -2.25.